The van der Waals surface area contributed by atoms with E-state index in [1.807, 2.05) is 13.8 Å². The van der Waals surface area contributed by atoms with Crippen LogP contribution in [0.5, 0.6) is 0 Å². The fraction of sp³-hybridized carbons (Fsp3) is 0.667. The zero-order chi connectivity index (χ0) is 11.9. The molecular formula is C12H21NO2. The molecule has 0 aliphatic heterocycles. The Morgan fingerprint density at radius 1 is 1.40 bits per heavy atom. The van der Waals surface area contributed by atoms with Gasteiger partial charge in [0.05, 0.1) is 0 Å². The third-order valence-corrected chi connectivity index (χ3v) is 2.47. The van der Waals surface area contributed by atoms with Gasteiger partial charge in [0.15, 0.2) is 0 Å². The van der Waals surface area contributed by atoms with Crippen molar-refractivity contribution >= 4 is 11.7 Å². The van der Waals surface area contributed by atoms with E-state index in [-0.39, 0.29) is 17.1 Å². The zero-order valence-corrected chi connectivity index (χ0v) is 9.93. The minimum Gasteiger partial charge on any atom is -0.352 e. The number of Topliss-reactive ketones (excluding diaryl/α,β-unsaturated/α-hetero) is 1. The number of carbonyl (C=O) groups excluding carboxylic acids is 2. The van der Waals surface area contributed by atoms with Crippen molar-refractivity contribution in [3.05, 3.63) is 12.7 Å². The van der Waals surface area contributed by atoms with Crippen LogP contribution in [0.3, 0.4) is 0 Å². The Labute approximate surface area is 91.9 Å². The Morgan fingerprint density at radius 2 is 2.00 bits per heavy atom. The maximum absolute atomic E-state index is 11.7. The van der Waals surface area contributed by atoms with Crippen molar-refractivity contribution in [3.8, 4) is 0 Å². The third kappa shape index (κ3) is 5.35. The molecule has 0 spiro atoms. The van der Waals surface area contributed by atoms with Gasteiger partial charge in [-0.25, -0.2) is 0 Å². The van der Waals surface area contributed by atoms with Crippen molar-refractivity contribution in [1.29, 1.82) is 0 Å². The molecule has 0 saturated heterocycles. The lowest BCUT2D eigenvalue weighted by molar-refractivity contribution is -0.127. The van der Waals surface area contributed by atoms with Crippen LogP contribution in [0.25, 0.3) is 0 Å². The third-order valence-electron chi connectivity index (χ3n) is 2.47. The van der Waals surface area contributed by atoms with E-state index in [4.69, 9.17) is 0 Å². The smallest absolute Gasteiger partial charge is 0.243 e. The fourth-order valence-corrected chi connectivity index (χ4v) is 1.47. The highest BCUT2D eigenvalue weighted by molar-refractivity contribution is 5.88. The SMILES string of the molecule is C=CC(=O)NCCC(=O)C(C)(C)CCC. The highest BCUT2D eigenvalue weighted by Crippen LogP contribution is 2.24. The minimum atomic E-state index is -0.270. The molecule has 1 amide bonds. The quantitative estimate of drug-likeness (QED) is 0.655. The predicted molar refractivity (Wildman–Crippen MR) is 61.5 cm³/mol. The Kier molecular flexibility index (Phi) is 5.90. The number of amides is 1. The summed E-state index contributed by atoms with van der Waals surface area (Å²) in [7, 11) is 0. The number of carbonyl (C=O) groups is 2. The second-order valence-electron chi connectivity index (χ2n) is 4.30. The van der Waals surface area contributed by atoms with E-state index in [2.05, 4.69) is 18.8 Å². The molecule has 15 heavy (non-hydrogen) atoms. The van der Waals surface area contributed by atoms with E-state index in [0.717, 1.165) is 12.8 Å². The normalized spacial score (nSPS) is 10.9. The Balaban J connectivity index is 3.92. The van der Waals surface area contributed by atoms with Crippen molar-refractivity contribution < 1.29 is 9.59 Å². The maximum Gasteiger partial charge on any atom is 0.243 e. The maximum atomic E-state index is 11.7. The second kappa shape index (κ2) is 6.38. The molecule has 3 nitrogen and oxygen atoms in total. The molecule has 0 radical (unpaired) electrons. The van der Waals surface area contributed by atoms with Gasteiger partial charge in [0, 0.05) is 18.4 Å². The van der Waals surface area contributed by atoms with Crippen molar-refractivity contribution in [2.75, 3.05) is 6.54 Å². The lowest BCUT2D eigenvalue weighted by Crippen LogP contribution is -2.30. The Bertz CT molecular complexity index is 244. The molecule has 0 unspecified atom stereocenters. The Hall–Kier alpha value is -1.12. The number of ketones is 1. The fourth-order valence-electron chi connectivity index (χ4n) is 1.47. The standard InChI is InChI=1S/C12H21NO2/c1-5-8-12(3,4)10(14)7-9-13-11(15)6-2/h6H,2,5,7-9H2,1,3-4H3,(H,13,15). The van der Waals surface area contributed by atoms with Crippen LogP contribution in [-0.2, 0) is 9.59 Å². The zero-order valence-electron chi connectivity index (χ0n) is 9.93. The van der Waals surface area contributed by atoms with Crippen molar-refractivity contribution in [2.24, 2.45) is 5.41 Å². The van der Waals surface area contributed by atoms with Crippen LogP contribution < -0.4 is 5.32 Å². The largest absolute Gasteiger partial charge is 0.352 e. The van der Waals surface area contributed by atoms with Gasteiger partial charge in [-0.1, -0.05) is 33.8 Å². The molecule has 0 aromatic heterocycles. The molecule has 0 saturated carbocycles. The number of hydrogen-bond acceptors (Lipinski definition) is 2. The minimum absolute atomic E-state index is 0.203. The van der Waals surface area contributed by atoms with Crippen molar-refractivity contribution in [1.82, 2.24) is 5.32 Å². The molecule has 0 atom stereocenters. The van der Waals surface area contributed by atoms with Crippen LogP contribution in [0.1, 0.15) is 40.0 Å². The average molecular weight is 211 g/mol. The molecule has 3 heteroatoms. The van der Waals surface area contributed by atoms with E-state index in [0.29, 0.717) is 13.0 Å². The lowest BCUT2D eigenvalue weighted by atomic mass is 9.82. The van der Waals surface area contributed by atoms with Gasteiger partial charge in [-0.2, -0.15) is 0 Å². The summed E-state index contributed by atoms with van der Waals surface area (Å²) < 4.78 is 0. The molecule has 0 aromatic rings. The molecular weight excluding hydrogens is 190 g/mol. The summed E-state index contributed by atoms with van der Waals surface area (Å²) in [5, 5.41) is 2.60. The van der Waals surface area contributed by atoms with E-state index < -0.39 is 0 Å². The molecule has 0 rings (SSSR count). The molecule has 1 N–H and O–H groups in total. The lowest BCUT2D eigenvalue weighted by Gasteiger charge is -2.22. The first-order valence-corrected chi connectivity index (χ1v) is 5.37. The van der Waals surface area contributed by atoms with Crippen LogP contribution in [0, 0.1) is 5.41 Å². The van der Waals surface area contributed by atoms with Gasteiger partial charge >= 0.3 is 0 Å². The van der Waals surface area contributed by atoms with Crippen LogP contribution in [0.15, 0.2) is 12.7 Å². The molecule has 0 aliphatic rings. The van der Waals surface area contributed by atoms with Gasteiger partial charge < -0.3 is 5.32 Å². The van der Waals surface area contributed by atoms with Gasteiger partial charge in [-0.3, -0.25) is 9.59 Å². The molecule has 0 aliphatic carbocycles. The van der Waals surface area contributed by atoms with Crippen LogP contribution in [0.4, 0.5) is 0 Å². The van der Waals surface area contributed by atoms with Gasteiger partial charge in [0.1, 0.15) is 5.78 Å². The Morgan fingerprint density at radius 3 is 2.47 bits per heavy atom. The first-order chi connectivity index (χ1) is 6.94. The number of nitrogens with one attached hydrogen (secondary N) is 1. The summed E-state index contributed by atoms with van der Waals surface area (Å²) in [6.45, 7) is 9.71. The van der Waals surface area contributed by atoms with E-state index in [1.54, 1.807) is 0 Å². The molecule has 0 bridgehead atoms. The summed E-state index contributed by atoms with van der Waals surface area (Å²) in [5.41, 5.74) is -0.270. The van der Waals surface area contributed by atoms with Gasteiger partial charge in [0.2, 0.25) is 5.91 Å². The van der Waals surface area contributed by atoms with Crippen LogP contribution >= 0.6 is 0 Å². The summed E-state index contributed by atoms with van der Waals surface area (Å²) in [6, 6.07) is 0. The summed E-state index contributed by atoms with van der Waals surface area (Å²) in [6.07, 6.45) is 3.49. The molecule has 86 valence electrons. The van der Waals surface area contributed by atoms with E-state index in [9.17, 15) is 9.59 Å². The van der Waals surface area contributed by atoms with Crippen molar-refractivity contribution in [3.63, 3.8) is 0 Å². The predicted octanol–water partition coefficient (Wildman–Crippen LogP) is 2.07. The first kappa shape index (κ1) is 13.9. The topological polar surface area (TPSA) is 46.2 Å². The number of hydrogen-bond donors (Lipinski definition) is 1. The highest BCUT2D eigenvalue weighted by atomic mass is 16.1. The number of rotatable bonds is 7. The second-order valence-corrected chi connectivity index (χ2v) is 4.30. The first-order valence-electron chi connectivity index (χ1n) is 5.37. The van der Waals surface area contributed by atoms with E-state index in [1.165, 1.54) is 6.08 Å². The highest BCUT2D eigenvalue weighted by Gasteiger charge is 2.25. The monoisotopic (exact) mass is 211 g/mol. The van der Waals surface area contributed by atoms with E-state index >= 15 is 0 Å². The van der Waals surface area contributed by atoms with Gasteiger partial charge in [-0.15, -0.1) is 0 Å². The summed E-state index contributed by atoms with van der Waals surface area (Å²) >= 11 is 0. The molecule has 0 fully saturated rings. The van der Waals surface area contributed by atoms with Gasteiger partial charge in [0.25, 0.3) is 0 Å². The van der Waals surface area contributed by atoms with Crippen molar-refractivity contribution in [2.45, 2.75) is 40.0 Å². The van der Waals surface area contributed by atoms with Crippen LogP contribution in [-0.4, -0.2) is 18.2 Å². The summed E-state index contributed by atoms with van der Waals surface area (Å²) in [4.78, 5) is 22.6. The average Bonchev–Trinajstić information content (AvgIpc) is 2.17. The summed E-state index contributed by atoms with van der Waals surface area (Å²) in [5.74, 6) is -0.0233. The molecule has 0 aromatic carbocycles. The molecule has 0 heterocycles. The van der Waals surface area contributed by atoms with Crippen LogP contribution in [0.2, 0.25) is 0 Å². The van der Waals surface area contributed by atoms with Gasteiger partial charge in [-0.05, 0) is 12.5 Å².